The van der Waals surface area contributed by atoms with E-state index in [9.17, 15) is 4.79 Å². The third-order valence-corrected chi connectivity index (χ3v) is 3.41. The summed E-state index contributed by atoms with van der Waals surface area (Å²) >= 11 is 13.6. The van der Waals surface area contributed by atoms with Crippen molar-refractivity contribution < 1.29 is 4.79 Å². The van der Waals surface area contributed by atoms with Crippen LogP contribution in [0.15, 0.2) is 30.5 Å². The van der Waals surface area contributed by atoms with Crippen molar-refractivity contribution in [3.63, 3.8) is 0 Å². The van der Waals surface area contributed by atoms with Crippen LogP contribution in [0.25, 0.3) is 0 Å². The zero-order valence-electron chi connectivity index (χ0n) is 8.82. The van der Waals surface area contributed by atoms with Gasteiger partial charge in [-0.1, -0.05) is 23.2 Å². The normalized spacial score (nSPS) is 10.2. The summed E-state index contributed by atoms with van der Waals surface area (Å²) in [7, 11) is 0. The van der Waals surface area contributed by atoms with Gasteiger partial charge in [-0.3, -0.25) is 10.1 Å². The van der Waals surface area contributed by atoms with E-state index in [0.29, 0.717) is 10.6 Å². The first-order chi connectivity index (χ1) is 8.56. The number of carbonyl (C=O) groups excluding carboxylic acids is 1. The number of anilines is 1. The van der Waals surface area contributed by atoms with E-state index in [1.54, 1.807) is 18.2 Å². The molecule has 0 aliphatic carbocycles. The van der Waals surface area contributed by atoms with E-state index in [1.807, 2.05) is 0 Å². The van der Waals surface area contributed by atoms with Crippen molar-refractivity contribution in [2.45, 2.75) is 0 Å². The van der Waals surface area contributed by atoms with Crippen LogP contribution in [0.1, 0.15) is 10.4 Å². The molecule has 4 nitrogen and oxygen atoms in total. The molecule has 2 aromatic rings. The number of rotatable bonds is 2. The lowest BCUT2D eigenvalue weighted by Gasteiger charge is -2.06. The number of nitrogens with one attached hydrogen (secondary N) is 1. The lowest BCUT2D eigenvalue weighted by atomic mass is 10.2. The molecular formula is C11H6Cl2IN3O. The molecule has 1 aromatic carbocycles. The van der Waals surface area contributed by atoms with E-state index in [2.05, 4.69) is 37.9 Å². The molecule has 0 saturated carbocycles. The van der Waals surface area contributed by atoms with E-state index < -0.39 is 0 Å². The Morgan fingerprint density at radius 2 is 2.06 bits per heavy atom. The van der Waals surface area contributed by atoms with Crippen molar-refractivity contribution in [2.24, 2.45) is 0 Å². The van der Waals surface area contributed by atoms with Gasteiger partial charge in [-0.2, -0.15) is 0 Å². The minimum absolute atomic E-state index is 0.156. The van der Waals surface area contributed by atoms with Gasteiger partial charge in [-0.05, 0) is 46.9 Å². The maximum absolute atomic E-state index is 12.0. The Bertz CT molecular complexity index is 607. The molecule has 2 rings (SSSR count). The van der Waals surface area contributed by atoms with Gasteiger partial charge < -0.3 is 0 Å². The van der Waals surface area contributed by atoms with Gasteiger partial charge in [-0.25, -0.2) is 9.97 Å². The fourth-order valence-electron chi connectivity index (χ4n) is 1.24. The molecule has 7 heteroatoms. The topological polar surface area (TPSA) is 54.9 Å². The van der Waals surface area contributed by atoms with Crippen LogP contribution in [-0.2, 0) is 0 Å². The number of hydrogen-bond acceptors (Lipinski definition) is 3. The van der Waals surface area contributed by atoms with Crippen LogP contribution in [0.4, 0.5) is 5.95 Å². The first-order valence-corrected chi connectivity index (χ1v) is 6.64. The molecular weight excluding hydrogens is 388 g/mol. The van der Waals surface area contributed by atoms with Gasteiger partial charge in [0.15, 0.2) is 0 Å². The van der Waals surface area contributed by atoms with Gasteiger partial charge in [0.05, 0.1) is 5.56 Å². The lowest BCUT2D eigenvalue weighted by Crippen LogP contribution is -2.15. The summed E-state index contributed by atoms with van der Waals surface area (Å²) in [6, 6.07) is 6.59. The minimum atomic E-state index is -0.329. The Hall–Kier alpha value is -0.920. The molecule has 0 aliphatic heterocycles. The zero-order chi connectivity index (χ0) is 13.1. The standard InChI is InChI=1S/C11H6Cl2IN3O/c12-6-1-2-8(14)7(5-6)10(18)17-11-15-4-3-9(13)16-11/h1-5H,(H,15,16,17,18). The quantitative estimate of drug-likeness (QED) is 0.626. The van der Waals surface area contributed by atoms with E-state index >= 15 is 0 Å². The summed E-state index contributed by atoms with van der Waals surface area (Å²) in [5.74, 6) is -0.174. The predicted octanol–water partition coefficient (Wildman–Crippen LogP) is 3.64. The summed E-state index contributed by atoms with van der Waals surface area (Å²) in [5.41, 5.74) is 0.465. The highest BCUT2D eigenvalue weighted by Gasteiger charge is 2.12. The molecule has 0 unspecified atom stereocenters. The number of benzene rings is 1. The van der Waals surface area contributed by atoms with Crippen molar-refractivity contribution in [3.8, 4) is 0 Å². The van der Waals surface area contributed by atoms with Gasteiger partial charge in [0.2, 0.25) is 5.95 Å². The second-order valence-electron chi connectivity index (χ2n) is 3.28. The average Bonchev–Trinajstić information content (AvgIpc) is 2.32. The molecule has 0 bridgehead atoms. The first-order valence-electron chi connectivity index (χ1n) is 4.81. The summed E-state index contributed by atoms with van der Waals surface area (Å²) < 4.78 is 0.788. The molecule has 1 heterocycles. The SMILES string of the molecule is O=C(Nc1nccc(Cl)n1)c1cc(Cl)ccc1I. The Labute approximate surface area is 127 Å². The van der Waals surface area contributed by atoms with E-state index in [0.717, 1.165) is 3.57 Å². The smallest absolute Gasteiger partial charge is 0.259 e. The number of halogens is 3. The van der Waals surface area contributed by atoms with E-state index in [-0.39, 0.29) is 17.0 Å². The van der Waals surface area contributed by atoms with Crippen molar-refractivity contribution in [2.75, 3.05) is 5.32 Å². The Morgan fingerprint density at radius 1 is 1.28 bits per heavy atom. The predicted molar refractivity (Wildman–Crippen MR) is 79.2 cm³/mol. The number of aromatic nitrogens is 2. The first kappa shape index (κ1) is 13.5. The highest BCUT2D eigenvalue weighted by molar-refractivity contribution is 14.1. The summed E-state index contributed by atoms with van der Waals surface area (Å²) in [5, 5.41) is 3.32. The van der Waals surface area contributed by atoms with Crippen molar-refractivity contribution in [3.05, 3.63) is 49.8 Å². The fraction of sp³-hybridized carbons (Fsp3) is 0. The third-order valence-electron chi connectivity index (χ3n) is 2.02. The molecule has 1 aromatic heterocycles. The molecule has 0 spiro atoms. The van der Waals surface area contributed by atoms with Gasteiger partial charge in [0, 0.05) is 14.8 Å². The van der Waals surface area contributed by atoms with Crippen molar-refractivity contribution >= 4 is 57.6 Å². The van der Waals surface area contributed by atoms with Crippen molar-refractivity contribution in [1.82, 2.24) is 9.97 Å². The second-order valence-corrected chi connectivity index (χ2v) is 5.27. The number of nitrogens with zero attached hydrogens (tertiary/aromatic N) is 2. The summed E-state index contributed by atoms with van der Waals surface area (Å²) in [4.78, 5) is 19.8. The Morgan fingerprint density at radius 3 is 2.78 bits per heavy atom. The van der Waals surface area contributed by atoms with E-state index in [1.165, 1.54) is 12.3 Å². The monoisotopic (exact) mass is 393 g/mol. The van der Waals surface area contributed by atoms with Gasteiger partial charge in [0.25, 0.3) is 5.91 Å². The van der Waals surface area contributed by atoms with Gasteiger partial charge in [0.1, 0.15) is 5.15 Å². The number of hydrogen-bond donors (Lipinski definition) is 1. The maximum Gasteiger partial charge on any atom is 0.259 e. The molecule has 0 aliphatic rings. The zero-order valence-corrected chi connectivity index (χ0v) is 12.5. The minimum Gasteiger partial charge on any atom is -0.290 e. The van der Waals surface area contributed by atoms with Crippen molar-refractivity contribution in [1.29, 1.82) is 0 Å². The average molecular weight is 394 g/mol. The van der Waals surface area contributed by atoms with E-state index in [4.69, 9.17) is 23.2 Å². The molecule has 1 amide bonds. The largest absolute Gasteiger partial charge is 0.290 e. The fourth-order valence-corrected chi connectivity index (χ4v) is 2.13. The van der Waals surface area contributed by atoms with Crippen LogP contribution in [0.2, 0.25) is 10.2 Å². The van der Waals surface area contributed by atoms with Crippen LogP contribution >= 0.6 is 45.8 Å². The number of carbonyl (C=O) groups is 1. The van der Waals surface area contributed by atoms with Crippen LogP contribution in [0, 0.1) is 3.57 Å². The maximum atomic E-state index is 12.0. The summed E-state index contributed by atoms with van der Waals surface area (Å²) in [6.45, 7) is 0. The molecule has 0 radical (unpaired) electrons. The van der Waals surface area contributed by atoms with Crippen LogP contribution in [0.3, 0.4) is 0 Å². The van der Waals surface area contributed by atoms with Crippen LogP contribution in [0.5, 0.6) is 0 Å². The molecule has 18 heavy (non-hydrogen) atoms. The molecule has 92 valence electrons. The Balaban J connectivity index is 2.24. The molecule has 0 fully saturated rings. The Kier molecular flexibility index (Phi) is 4.36. The van der Waals surface area contributed by atoms with Gasteiger partial charge >= 0.3 is 0 Å². The van der Waals surface area contributed by atoms with Gasteiger partial charge in [-0.15, -0.1) is 0 Å². The second kappa shape index (κ2) is 5.81. The third kappa shape index (κ3) is 3.30. The highest BCUT2D eigenvalue weighted by Crippen LogP contribution is 2.19. The molecule has 1 N–H and O–H groups in total. The number of amides is 1. The molecule has 0 saturated heterocycles. The molecule has 0 atom stereocenters. The summed E-state index contributed by atoms with van der Waals surface area (Å²) in [6.07, 6.45) is 1.47. The van der Waals surface area contributed by atoms with Crippen LogP contribution < -0.4 is 5.32 Å². The van der Waals surface area contributed by atoms with Crippen LogP contribution in [-0.4, -0.2) is 15.9 Å². The highest BCUT2D eigenvalue weighted by atomic mass is 127. The lowest BCUT2D eigenvalue weighted by molar-refractivity contribution is 0.102.